The molecule has 2 N–H and O–H groups in total. The van der Waals surface area contributed by atoms with Crippen molar-refractivity contribution in [2.45, 2.75) is 13.0 Å². The lowest BCUT2D eigenvalue weighted by Gasteiger charge is -2.15. The fraction of sp³-hybridized carbons (Fsp3) is 0.176. The van der Waals surface area contributed by atoms with Crippen molar-refractivity contribution in [3.63, 3.8) is 0 Å². The number of benzene rings is 2. The molecule has 1 heterocycles. The molecule has 3 nitrogen and oxygen atoms in total. The third-order valence-electron chi connectivity index (χ3n) is 3.60. The third kappa shape index (κ3) is 2.93. The minimum Gasteiger partial charge on any atom is -0.496 e. The second-order valence-corrected chi connectivity index (χ2v) is 5.41. The number of hydrogen-bond acceptors (Lipinski definition) is 3. The number of para-hydroxylation sites is 1. The molecule has 116 valence electrons. The summed E-state index contributed by atoms with van der Waals surface area (Å²) in [5.41, 5.74) is 8.93. The third-order valence-corrected chi connectivity index (χ3v) is 4.00. The van der Waals surface area contributed by atoms with Crippen LogP contribution in [0.5, 0.6) is 5.75 Å². The number of ether oxygens (including phenoxy) is 1. The summed E-state index contributed by atoms with van der Waals surface area (Å²) < 4.78 is 11.2. The van der Waals surface area contributed by atoms with Gasteiger partial charge >= 0.3 is 0 Å². The molecule has 0 bridgehead atoms. The first-order chi connectivity index (χ1) is 10.1. The monoisotopic (exact) mass is 337 g/mol. The molecule has 0 aliphatic carbocycles. The number of rotatable bonds is 3. The van der Waals surface area contributed by atoms with Crippen LogP contribution in [0.1, 0.15) is 22.9 Å². The van der Waals surface area contributed by atoms with Crippen molar-refractivity contribution in [2.24, 2.45) is 5.73 Å². The number of furan rings is 1. The average Bonchev–Trinajstić information content (AvgIpc) is 2.92. The number of halogens is 2. The van der Waals surface area contributed by atoms with Crippen molar-refractivity contribution in [3.05, 3.63) is 64.4 Å². The van der Waals surface area contributed by atoms with Crippen molar-refractivity contribution in [1.29, 1.82) is 0 Å². The molecule has 3 aromatic rings. The van der Waals surface area contributed by atoms with E-state index in [-0.39, 0.29) is 12.4 Å². The van der Waals surface area contributed by atoms with Gasteiger partial charge in [-0.15, -0.1) is 12.4 Å². The first-order valence-corrected chi connectivity index (χ1v) is 7.06. The Morgan fingerprint density at radius 1 is 1.18 bits per heavy atom. The van der Waals surface area contributed by atoms with Gasteiger partial charge in [-0.1, -0.05) is 29.8 Å². The highest BCUT2D eigenvalue weighted by Crippen LogP contribution is 2.34. The van der Waals surface area contributed by atoms with Gasteiger partial charge in [-0.2, -0.15) is 0 Å². The Morgan fingerprint density at radius 2 is 1.91 bits per heavy atom. The van der Waals surface area contributed by atoms with Crippen LogP contribution in [0.25, 0.3) is 11.0 Å². The van der Waals surface area contributed by atoms with E-state index in [0.717, 1.165) is 22.1 Å². The van der Waals surface area contributed by atoms with Crippen LogP contribution in [0.2, 0.25) is 5.02 Å². The number of methoxy groups -OCH3 is 1. The van der Waals surface area contributed by atoms with E-state index in [9.17, 15) is 0 Å². The lowest BCUT2D eigenvalue weighted by Crippen LogP contribution is -2.12. The zero-order valence-electron chi connectivity index (χ0n) is 12.3. The molecule has 0 fully saturated rings. The molecule has 2 aromatic carbocycles. The molecule has 3 rings (SSSR count). The molecule has 22 heavy (non-hydrogen) atoms. The minimum atomic E-state index is -0.426. The molecule has 1 aromatic heterocycles. The van der Waals surface area contributed by atoms with E-state index in [0.29, 0.717) is 16.5 Å². The highest BCUT2D eigenvalue weighted by atomic mass is 35.5. The van der Waals surface area contributed by atoms with Crippen LogP contribution in [0.4, 0.5) is 0 Å². The maximum atomic E-state index is 6.34. The number of fused-ring (bicyclic) bond motifs is 1. The summed E-state index contributed by atoms with van der Waals surface area (Å²) in [5.74, 6) is 1.40. The van der Waals surface area contributed by atoms with Crippen molar-refractivity contribution < 1.29 is 9.15 Å². The van der Waals surface area contributed by atoms with E-state index in [4.69, 9.17) is 26.5 Å². The molecule has 0 radical (unpaired) electrons. The molecule has 1 atom stereocenters. The van der Waals surface area contributed by atoms with Crippen LogP contribution in [0, 0.1) is 6.92 Å². The van der Waals surface area contributed by atoms with Crippen molar-refractivity contribution in [1.82, 2.24) is 0 Å². The molecule has 0 aliphatic heterocycles. The standard InChI is InChI=1S/C17H16ClNO2.ClH/c1-10-7-15(20-2)12(9-13(10)18)17(19)16-8-11-5-3-4-6-14(11)21-16;/h3-9,17H,19H2,1-2H3;1H. The molecule has 0 aliphatic rings. The number of hydrogen-bond donors (Lipinski definition) is 1. The molecule has 0 saturated carbocycles. The number of aryl methyl sites for hydroxylation is 1. The van der Waals surface area contributed by atoms with Gasteiger partial charge in [-0.3, -0.25) is 0 Å². The predicted octanol–water partition coefficient (Wildman–Crippen LogP) is 4.87. The number of nitrogens with two attached hydrogens (primary N) is 1. The largest absolute Gasteiger partial charge is 0.496 e. The summed E-state index contributed by atoms with van der Waals surface area (Å²) in [6, 6.07) is 13.1. The second-order valence-electron chi connectivity index (χ2n) is 5.01. The maximum absolute atomic E-state index is 6.34. The van der Waals surface area contributed by atoms with Crippen molar-refractivity contribution >= 4 is 35.0 Å². The van der Waals surface area contributed by atoms with Gasteiger partial charge in [0, 0.05) is 16.0 Å². The van der Waals surface area contributed by atoms with Crippen LogP contribution in [-0.2, 0) is 0 Å². The summed E-state index contributed by atoms with van der Waals surface area (Å²) >= 11 is 6.21. The highest BCUT2D eigenvalue weighted by Gasteiger charge is 2.19. The average molecular weight is 338 g/mol. The van der Waals surface area contributed by atoms with Gasteiger partial charge in [-0.25, -0.2) is 0 Å². The molecule has 5 heteroatoms. The lowest BCUT2D eigenvalue weighted by molar-refractivity contribution is 0.404. The Bertz CT molecular complexity index is 765. The van der Waals surface area contributed by atoms with E-state index in [2.05, 4.69) is 0 Å². The molecule has 0 spiro atoms. The Labute approximate surface area is 140 Å². The minimum absolute atomic E-state index is 0. The normalized spacial score (nSPS) is 12.0. The lowest BCUT2D eigenvalue weighted by atomic mass is 10.0. The molecular formula is C17H17Cl2NO2. The van der Waals surface area contributed by atoms with Gasteiger partial charge in [0.25, 0.3) is 0 Å². The molecule has 0 amide bonds. The van der Waals surface area contributed by atoms with E-state index in [1.54, 1.807) is 7.11 Å². The maximum Gasteiger partial charge on any atom is 0.134 e. The smallest absolute Gasteiger partial charge is 0.134 e. The Kier molecular flexibility index (Phi) is 5.01. The van der Waals surface area contributed by atoms with E-state index in [1.807, 2.05) is 49.4 Å². The van der Waals surface area contributed by atoms with Crippen molar-refractivity contribution in [3.8, 4) is 5.75 Å². The zero-order valence-corrected chi connectivity index (χ0v) is 13.9. The van der Waals surface area contributed by atoms with Gasteiger partial charge in [-0.05, 0) is 36.8 Å². The fourth-order valence-electron chi connectivity index (χ4n) is 2.40. The predicted molar refractivity (Wildman–Crippen MR) is 92.2 cm³/mol. The summed E-state index contributed by atoms with van der Waals surface area (Å²) in [4.78, 5) is 0. The van der Waals surface area contributed by atoms with Crippen LogP contribution in [-0.4, -0.2) is 7.11 Å². The summed E-state index contributed by atoms with van der Waals surface area (Å²) in [6.07, 6.45) is 0. The summed E-state index contributed by atoms with van der Waals surface area (Å²) in [7, 11) is 1.62. The van der Waals surface area contributed by atoms with Gasteiger partial charge in [0.15, 0.2) is 0 Å². The summed E-state index contributed by atoms with van der Waals surface area (Å²) in [5, 5.41) is 1.69. The fourth-order valence-corrected chi connectivity index (χ4v) is 2.57. The van der Waals surface area contributed by atoms with Crippen LogP contribution in [0.15, 0.2) is 46.9 Å². The van der Waals surface area contributed by atoms with Crippen LogP contribution < -0.4 is 10.5 Å². The Morgan fingerprint density at radius 3 is 2.59 bits per heavy atom. The Balaban J connectivity index is 0.00000176. The van der Waals surface area contributed by atoms with E-state index >= 15 is 0 Å². The Hall–Kier alpha value is -1.68. The van der Waals surface area contributed by atoms with E-state index < -0.39 is 6.04 Å². The molecule has 0 saturated heterocycles. The van der Waals surface area contributed by atoms with Crippen molar-refractivity contribution in [2.75, 3.05) is 7.11 Å². The molecular weight excluding hydrogens is 321 g/mol. The van der Waals surface area contributed by atoms with Gasteiger partial charge < -0.3 is 14.9 Å². The van der Waals surface area contributed by atoms with Crippen LogP contribution >= 0.6 is 24.0 Å². The van der Waals surface area contributed by atoms with Crippen LogP contribution in [0.3, 0.4) is 0 Å². The van der Waals surface area contributed by atoms with Gasteiger partial charge in [0.05, 0.1) is 13.2 Å². The quantitative estimate of drug-likeness (QED) is 0.741. The highest BCUT2D eigenvalue weighted by molar-refractivity contribution is 6.31. The second kappa shape index (κ2) is 6.61. The van der Waals surface area contributed by atoms with Gasteiger partial charge in [0.2, 0.25) is 0 Å². The van der Waals surface area contributed by atoms with E-state index in [1.165, 1.54) is 0 Å². The first-order valence-electron chi connectivity index (χ1n) is 6.68. The molecule has 1 unspecified atom stereocenters. The SMILES string of the molecule is COc1cc(C)c(Cl)cc1C(N)c1cc2ccccc2o1.Cl. The van der Waals surface area contributed by atoms with Gasteiger partial charge in [0.1, 0.15) is 17.1 Å². The zero-order chi connectivity index (χ0) is 15.0. The topological polar surface area (TPSA) is 48.4 Å². The first kappa shape index (κ1) is 16.7. The summed E-state index contributed by atoms with van der Waals surface area (Å²) in [6.45, 7) is 1.93.